The summed E-state index contributed by atoms with van der Waals surface area (Å²) in [6.07, 6.45) is 5.96. The van der Waals surface area contributed by atoms with Gasteiger partial charge in [0.15, 0.2) is 5.79 Å². The van der Waals surface area contributed by atoms with Crippen molar-refractivity contribution in [3.05, 3.63) is 0 Å². The average Bonchev–Trinajstić information content (AvgIpc) is 2.89. The molecule has 0 bridgehead atoms. The molecular formula is C17H34N2O2. The minimum atomic E-state index is -0.196. The largest absolute Gasteiger partial charge is 0.348 e. The van der Waals surface area contributed by atoms with Crippen molar-refractivity contribution >= 4 is 0 Å². The van der Waals surface area contributed by atoms with Crippen LogP contribution in [0.5, 0.6) is 0 Å². The first-order chi connectivity index (χ1) is 10.1. The maximum Gasteiger partial charge on any atom is 0.168 e. The molecule has 2 rings (SSSR count). The molecule has 1 unspecified atom stereocenters. The summed E-state index contributed by atoms with van der Waals surface area (Å²) in [5.41, 5.74) is 0. The van der Waals surface area contributed by atoms with Gasteiger partial charge in [-0.2, -0.15) is 0 Å². The monoisotopic (exact) mass is 298 g/mol. The Morgan fingerprint density at radius 2 is 1.71 bits per heavy atom. The fourth-order valence-electron chi connectivity index (χ4n) is 3.39. The van der Waals surface area contributed by atoms with E-state index < -0.39 is 0 Å². The van der Waals surface area contributed by atoms with Gasteiger partial charge in [0.1, 0.15) is 0 Å². The summed E-state index contributed by atoms with van der Waals surface area (Å²) in [6, 6.07) is 0.556. The number of ether oxygens (including phenoxy) is 2. The molecule has 0 radical (unpaired) electrons. The standard InChI is InChI=1S/C17H34N2O2/c1-14(2)12-18-13-15(3)19-9-6-16-4-7-17(8-5-16)20-10-11-21-17/h14-16,18-19H,4-13H2,1-3H3. The Morgan fingerprint density at radius 1 is 1.05 bits per heavy atom. The van der Waals surface area contributed by atoms with E-state index in [1.54, 1.807) is 0 Å². The molecule has 1 aliphatic carbocycles. The van der Waals surface area contributed by atoms with Gasteiger partial charge >= 0.3 is 0 Å². The minimum absolute atomic E-state index is 0.196. The zero-order chi connectivity index (χ0) is 15.1. The number of nitrogens with one attached hydrogen (secondary N) is 2. The molecule has 1 saturated heterocycles. The van der Waals surface area contributed by atoms with Gasteiger partial charge in [-0.3, -0.25) is 0 Å². The topological polar surface area (TPSA) is 42.5 Å². The van der Waals surface area contributed by atoms with Crippen molar-refractivity contribution in [3.8, 4) is 0 Å². The van der Waals surface area contributed by atoms with E-state index in [9.17, 15) is 0 Å². The highest BCUT2D eigenvalue weighted by Crippen LogP contribution is 2.39. The summed E-state index contributed by atoms with van der Waals surface area (Å²) in [7, 11) is 0. The van der Waals surface area contributed by atoms with E-state index in [-0.39, 0.29) is 5.79 Å². The summed E-state index contributed by atoms with van der Waals surface area (Å²) in [4.78, 5) is 0. The van der Waals surface area contributed by atoms with Crippen LogP contribution in [-0.4, -0.2) is 44.7 Å². The second-order valence-corrected chi connectivity index (χ2v) is 7.25. The van der Waals surface area contributed by atoms with Crippen LogP contribution < -0.4 is 10.6 Å². The third-order valence-corrected chi connectivity index (χ3v) is 4.73. The summed E-state index contributed by atoms with van der Waals surface area (Å²) < 4.78 is 11.6. The average molecular weight is 298 g/mol. The number of rotatable bonds is 8. The van der Waals surface area contributed by atoms with Gasteiger partial charge in [0.25, 0.3) is 0 Å². The fourth-order valence-corrected chi connectivity index (χ4v) is 3.39. The van der Waals surface area contributed by atoms with E-state index >= 15 is 0 Å². The molecule has 1 spiro atoms. The normalized spacial score (nSPS) is 24.0. The second kappa shape index (κ2) is 8.47. The Hall–Kier alpha value is -0.160. The van der Waals surface area contributed by atoms with Crippen molar-refractivity contribution in [1.82, 2.24) is 10.6 Å². The highest BCUT2D eigenvalue weighted by molar-refractivity contribution is 4.82. The predicted molar refractivity (Wildman–Crippen MR) is 86.4 cm³/mol. The lowest BCUT2D eigenvalue weighted by Crippen LogP contribution is -2.39. The quantitative estimate of drug-likeness (QED) is 0.723. The number of hydrogen-bond donors (Lipinski definition) is 2. The van der Waals surface area contributed by atoms with Crippen molar-refractivity contribution in [2.75, 3.05) is 32.8 Å². The Balaban J connectivity index is 1.51. The third kappa shape index (κ3) is 5.85. The molecule has 1 atom stereocenters. The van der Waals surface area contributed by atoms with Crippen LogP contribution in [0.1, 0.15) is 52.9 Å². The molecule has 2 fully saturated rings. The van der Waals surface area contributed by atoms with Gasteiger partial charge in [0.2, 0.25) is 0 Å². The Morgan fingerprint density at radius 3 is 2.33 bits per heavy atom. The van der Waals surface area contributed by atoms with E-state index in [0.29, 0.717) is 6.04 Å². The van der Waals surface area contributed by atoms with Gasteiger partial charge in [-0.15, -0.1) is 0 Å². The molecule has 0 aromatic heterocycles. The van der Waals surface area contributed by atoms with Crippen molar-refractivity contribution < 1.29 is 9.47 Å². The number of hydrogen-bond acceptors (Lipinski definition) is 4. The second-order valence-electron chi connectivity index (χ2n) is 7.25. The summed E-state index contributed by atoms with van der Waals surface area (Å²) in [6.45, 7) is 11.6. The van der Waals surface area contributed by atoms with Crippen LogP contribution in [0.4, 0.5) is 0 Å². The van der Waals surface area contributed by atoms with E-state index in [1.165, 1.54) is 19.3 Å². The first kappa shape index (κ1) is 17.2. The molecule has 0 aromatic rings. The summed E-state index contributed by atoms with van der Waals surface area (Å²) in [5.74, 6) is 1.37. The van der Waals surface area contributed by atoms with Gasteiger partial charge in [0, 0.05) is 25.4 Å². The third-order valence-electron chi connectivity index (χ3n) is 4.73. The molecule has 2 N–H and O–H groups in total. The van der Waals surface area contributed by atoms with Crippen molar-refractivity contribution in [2.45, 2.75) is 64.7 Å². The minimum Gasteiger partial charge on any atom is -0.348 e. The van der Waals surface area contributed by atoms with Gasteiger partial charge in [-0.25, -0.2) is 0 Å². The van der Waals surface area contributed by atoms with E-state index in [4.69, 9.17) is 9.47 Å². The van der Waals surface area contributed by atoms with Crippen LogP contribution in [0.3, 0.4) is 0 Å². The zero-order valence-corrected chi connectivity index (χ0v) is 14.1. The van der Waals surface area contributed by atoms with Crippen LogP contribution in [0.15, 0.2) is 0 Å². The molecule has 4 nitrogen and oxygen atoms in total. The highest BCUT2D eigenvalue weighted by Gasteiger charge is 2.39. The van der Waals surface area contributed by atoms with Crippen LogP contribution in [0.25, 0.3) is 0 Å². The Bertz CT molecular complexity index is 281. The molecule has 1 aliphatic heterocycles. The molecule has 1 saturated carbocycles. The zero-order valence-electron chi connectivity index (χ0n) is 14.1. The van der Waals surface area contributed by atoms with Crippen LogP contribution in [0, 0.1) is 11.8 Å². The molecule has 0 amide bonds. The molecule has 1 heterocycles. The molecule has 0 aromatic carbocycles. The van der Waals surface area contributed by atoms with Gasteiger partial charge in [0.05, 0.1) is 13.2 Å². The van der Waals surface area contributed by atoms with Crippen molar-refractivity contribution in [1.29, 1.82) is 0 Å². The molecule has 2 aliphatic rings. The maximum atomic E-state index is 5.79. The highest BCUT2D eigenvalue weighted by atomic mass is 16.7. The van der Waals surface area contributed by atoms with Crippen LogP contribution in [0.2, 0.25) is 0 Å². The van der Waals surface area contributed by atoms with Gasteiger partial charge in [-0.05, 0) is 51.1 Å². The molecular weight excluding hydrogens is 264 g/mol. The summed E-state index contributed by atoms with van der Waals surface area (Å²) in [5, 5.41) is 7.15. The summed E-state index contributed by atoms with van der Waals surface area (Å²) >= 11 is 0. The van der Waals surface area contributed by atoms with Crippen LogP contribution >= 0.6 is 0 Å². The fraction of sp³-hybridized carbons (Fsp3) is 1.00. The van der Waals surface area contributed by atoms with Crippen LogP contribution in [-0.2, 0) is 9.47 Å². The lowest BCUT2D eigenvalue weighted by molar-refractivity contribution is -0.182. The molecule has 21 heavy (non-hydrogen) atoms. The Kier molecular flexibility index (Phi) is 6.93. The predicted octanol–water partition coefficient (Wildman–Crippen LogP) is 2.53. The van der Waals surface area contributed by atoms with Gasteiger partial charge < -0.3 is 20.1 Å². The SMILES string of the molecule is CC(C)CNCC(C)NCCC1CCC2(CC1)OCCO2. The Labute approximate surface area is 130 Å². The molecule has 124 valence electrons. The van der Waals surface area contributed by atoms with E-state index in [0.717, 1.165) is 57.5 Å². The van der Waals surface area contributed by atoms with E-state index in [2.05, 4.69) is 31.4 Å². The van der Waals surface area contributed by atoms with Gasteiger partial charge in [-0.1, -0.05) is 13.8 Å². The first-order valence-electron chi connectivity index (χ1n) is 8.82. The first-order valence-corrected chi connectivity index (χ1v) is 8.82. The maximum absolute atomic E-state index is 5.79. The van der Waals surface area contributed by atoms with Crippen molar-refractivity contribution in [2.24, 2.45) is 11.8 Å². The molecule has 4 heteroatoms. The lowest BCUT2D eigenvalue weighted by atomic mass is 9.83. The lowest BCUT2D eigenvalue weighted by Gasteiger charge is -2.35. The smallest absolute Gasteiger partial charge is 0.168 e. The van der Waals surface area contributed by atoms with E-state index in [1.807, 2.05) is 0 Å². The van der Waals surface area contributed by atoms with Crippen molar-refractivity contribution in [3.63, 3.8) is 0 Å².